The SMILES string of the molecule is CC1CCCC2(CC[N+](C)(CCC[N+](C)(C)C)CC2)C1.[I-].[I-]. The van der Waals surface area contributed by atoms with Gasteiger partial charge in [0.1, 0.15) is 0 Å². The molecule has 0 amide bonds. The molecule has 1 saturated heterocycles. The van der Waals surface area contributed by atoms with Crippen molar-refractivity contribution in [3.63, 3.8) is 0 Å². The van der Waals surface area contributed by atoms with Crippen molar-refractivity contribution in [1.82, 2.24) is 0 Å². The summed E-state index contributed by atoms with van der Waals surface area (Å²) in [5.41, 5.74) is 0.746. The molecule has 1 heterocycles. The van der Waals surface area contributed by atoms with Gasteiger partial charge in [0.2, 0.25) is 0 Å². The largest absolute Gasteiger partial charge is 1.00 e. The highest BCUT2D eigenvalue weighted by atomic mass is 127. The zero-order chi connectivity index (χ0) is 14.9. The van der Waals surface area contributed by atoms with Gasteiger partial charge >= 0.3 is 0 Å². The van der Waals surface area contributed by atoms with Gasteiger partial charge in [0.05, 0.1) is 54.4 Å². The number of piperidine rings is 1. The van der Waals surface area contributed by atoms with E-state index in [9.17, 15) is 0 Å². The molecule has 0 aromatic rings. The lowest BCUT2D eigenvalue weighted by molar-refractivity contribution is -0.923. The quantitative estimate of drug-likeness (QED) is 0.276. The first-order valence-electron chi connectivity index (χ1n) is 8.86. The number of nitrogens with zero attached hydrogens (tertiary/aromatic N) is 2. The minimum absolute atomic E-state index is 0. The van der Waals surface area contributed by atoms with Crippen molar-refractivity contribution >= 4 is 0 Å². The molecule has 2 rings (SSSR count). The van der Waals surface area contributed by atoms with Crippen LogP contribution in [0.15, 0.2) is 0 Å². The van der Waals surface area contributed by atoms with E-state index >= 15 is 0 Å². The summed E-state index contributed by atoms with van der Waals surface area (Å²) in [6, 6.07) is 0. The molecule has 2 fully saturated rings. The second-order valence-electron chi connectivity index (χ2n) is 9.36. The fourth-order valence-corrected chi connectivity index (χ4v) is 4.62. The third-order valence-electron chi connectivity index (χ3n) is 6.08. The highest BCUT2D eigenvalue weighted by Crippen LogP contribution is 2.47. The fourth-order valence-electron chi connectivity index (χ4n) is 4.62. The maximum Gasteiger partial charge on any atom is 0.0838 e. The Morgan fingerprint density at radius 2 is 1.64 bits per heavy atom. The Bertz CT molecular complexity index is 318. The van der Waals surface area contributed by atoms with Gasteiger partial charge in [0.25, 0.3) is 0 Å². The van der Waals surface area contributed by atoms with Gasteiger partial charge in [-0.25, -0.2) is 0 Å². The van der Waals surface area contributed by atoms with Gasteiger partial charge in [-0.3, -0.25) is 0 Å². The molecule has 0 aromatic heterocycles. The lowest BCUT2D eigenvalue weighted by atomic mass is 9.65. The molecule has 22 heavy (non-hydrogen) atoms. The Morgan fingerprint density at radius 1 is 1.05 bits per heavy atom. The predicted molar refractivity (Wildman–Crippen MR) is 87.6 cm³/mol. The van der Waals surface area contributed by atoms with Crippen LogP contribution in [0.25, 0.3) is 0 Å². The van der Waals surface area contributed by atoms with Crippen LogP contribution in [0.2, 0.25) is 0 Å². The Morgan fingerprint density at radius 3 is 2.14 bits per heavy atom. The number of hydrogen-bond donors (Lipinski definition) is 0. The summed E-state index contributed by atoms with van der Waals surface area (Å²) in [4.78, 5) is 0. The van der Waals surface area contributed by atoms with Crippen LogP contribution in [0.1, 0.15) is 51.9 Å². The molecule has 1 aliphatic carbocycles. The zero-order valence-electron chi connectivity index (χ0n) is 15.5. The van der Waals surface area contributed by atoms with Crippen molar-refractivity contribution in [2.45, 2.75) is 51.9 Å². The van der Waals surface area contributed by atoms with Crippen LogP contribution >= 0.6 is 0 Å². The molecule has 0 aromatic carbocycles. The van der Waals surface area contributed by atoms with Crippen molar-refractivity contribution < 1.29 is 56.9 Å². The van der Waals surface area contributed by atoms with Crippen molar-refractivity contribution in [1.29, 1.82) is 0 Å². The molecule has 1 aliphatic heterocycles. The summed E-state index contributed by atoms with van der Waals surface area (Å²) >= 11 is 0. The van der Waals surface area contributed by atoms with Crippen molar-refractivity contribution in [3.8, 4) is 0 Å². The number of halogens is 2. The maximum atomic E-state index is 2.51. The molecular weight excluding hydrogens is 498 g/mol. The van der Waals surface area contributed by atoms with Crippen LogP contribution < -0.4 is 48.0 Å². The van der Waals surface area contributed by atoms with Gasteiger partial charge < -0.3 is 56.9 Å². The summed E-state index contributed by atoms with van der Waals surface area (Å²) in [5, 5.41) is 0. The first-order chi connectivity index (χ1) is 9.22. The second kappa shape index (κ2) is 9.18. The number of likely N-dealkylation sites (tertiary alicyclic amines) is 1. The molecule has 1 atom stereocenters. The van der Waals surface area contributed by atoms with Crippen LogP contribution in [0.3, 0.4) is 0 Å². The molecule has 1 spiro atoms. The van der Waals surface area contributed by atoms with Crippen LogP contribution in [0, 0.1) is 11.3 Å². The van der Waals surface area contributed by atoms with Gasteiger partial charge in [-0.15, -0.1) is 0 Å². The van der Waals surface area contributed by atoms with Gasteiger partial charge in [0, 0.05) is 19.3 Å². The molecule has 134 valence electrons. The zero-order valence-corrected chi connectivity index (χ0v) is 19.8. The number of rotatable bonds is 4. The van der Waals surface area contributed by atoms with E-state index in [0.29, 0.717) is 0 Å². The molecule has 1 unspecified atom stereocenters. The minimum atomic E-state index is 0. The van der Waals surface area contributed by atoms with Crippen LogP contribution in [0.4, 0.5) is 0 Å². The Labute approximate surface area is 173 Å². The number of hydrogen-bond acceptors (Lipinski definition) is 0. The standard InChI is InChI=1S/C18H38N2.2HI/c1-17-8-6-9-18(16-17)10-14-20(5,15-11-18)13-7-12-19(2,3)4;;/h17H,6-16H2,1-5H3;2*1H/q+2;;/p-2. The molecule has 0 N–H and O–H groups in total. The van der Waals surface area contributed by atoms with E-state index in [-0.39, 0.29) is 48.0 Å². The predicted octanol–water partition coefficient (Wildman–Crippen LogP) is -2.47. The first-order valence-corrected chi connectivity index (χ1v) is 8.86. The van der Waals surface area contributed by atoms with E-state index in [2.05, 4.69) is 35.1 Å². The third kappa shape index (κ3) is 7.09. The first kappa shape index (κ1) is 23.4. The van der Waals surface area contributed by atoms with Crippen molar-refractivity contribution in [2.24, 2.45) is 11.3 Å². The van der Waals surface area contributed by atoms with E-state index in [1.165, 1.54) is 75.6 Å². The Hall–Kier alpha value is 1.38. The van der Waals surface area contributed by atoms with Crippen LogP contribution in [0.5, 0.6) is 0 Å². The Balaban J connectivity index is 0.00000220. The van der Waals surface area contributed by atoms with Crippen LogP contribution in [-0.4, -0.2) is 63.3 Å². The lowest BCUT2D eigenvalue weighted by Crippen LogP contribution is -3.00. The van der Waals surface area contributed by atoms with E-state index in [1.54, 1.807) is 0 Å². The molecule has 2 aliphatic rings. The summed E-state index contributed by atoms with van der Waals surface area (Å²) in [7, 11) is 9.45. The normalized spacial score (nSPS) is 35.6. The average Bonchev–Trinajstić information content (AvgIpc) is 2.32. The van der Waals surface area contributed by atoms with Gasteiger partial charge in [-0.05, 0) is 24.2 Å². The second-order valence-corrected chi connectivity index (χ2v) is 9.36. The van der Waals surface area contributed by atoms with E-state index in [4.69, 9.17) is 0 Å². The van der Waals surface area contributed by atoms with E-state index in [0.717, 1.165) is 15.8 Å². The smallest absolute Gasteiger partial charge is 0.0838 e. The summed E-state index contributed by atoms with van der Waals surface area (Å²) in [5.74, 6) is 0.985. The van der Waals surface area contributed by atoms with Gasteiger partial charge in [-0.2, -0.15) is 0 Å². The number of quaternary nitrogens is 2. The monoisotopic (exact) mass is 536 g/mol. The van der Waals surface area contributed by atoms with E-state index < -0.39 is 0 Å². The minimum Gasteiger partial charge on any atom is -1.00 e. The fraction of sp³-hybridized carbons (Fsp3) is 1.00. The average molecular weight is 536 g/mol. The highest BCUT2D eigenvalue weighted by Gasteiger charge is 2.42. The summed E-state index contributed by atoms with van der Waals surface area (Å²) in [6.07, 6.45) is 10.4. The van der Waals surface area contributed by atoms with Crippen molar-refractivity contribution in [3.05, 3.63) is 0 Å². The molecule has 4 heteroatoms. The van der Waals surface area contributed by atoms with E-state index in [1.807, 2.05) is 0 Å². The van der Waals surface area contributed by atoms with Gasteiger partial charge in [0.15, 0.2) is 0 Å². The van der Waals surface area contributed by atoms with Gasteiger partial charge in [-0.1, -0.05) is 19.8 Å². The van der Waals surface area contributed by atoms with Crippen LogP contribution in [-0.2, 0) is 0 Å². The molecular formula is C18H38I2N2. The Kier molecular flexibility index (Phi) is 9.76. The highest BCUT2D eigenvalue weighted by molar-refractivity contribution is 4.87. The molecule has 1 saturated carbocycles. The summed E-state index contributed by atoms with van der Waals surface area (Å²) in [6.45, 7) is 8.05. The molecule has 0 radical (unpaired) electrons. The third-order valence-corrected chi connectivity index (χ3v) is 6.08. The molecule has 2 nitrogen and oxygen atoms in total. The lowest BCUT2D eigenvalue weighted by Gasteiger charge is -2.49. The maximum absolute atomic E-state index is 2.51. The topological polar surface area (TPSA) is 0 Å². The summed E-state index contributed by atoms with van der Waals surface area (Å²) < 4.78 is 2.46. The molecule has 0 bridgehead atoms. The van der Waals surface area contributed by atoms with Crippen molar-refractivity contribution in [2.75, 3.05) is 54.4 Å².